The summed E-state index contributed by atoms with van der Waals surface area (Å²) in [4.78, 5) is 13.1. The molecule has 7 heteroatoms. The van der Waals surface area contributed by atoms with Crippen molar-refractivity contribution in [2.75, 3.05) is 5.32 Å². The molecule has 1 atom stereocenters. The predicted octanol–water partition coefficient (Wildman–Crippen LogP) is 3.00. The van der Waals surface area contributed by atoms with Crippen molar-refractivity contribution in [2.45, 2.75) is 36.0 Å². The highest BCUT2D eigenvalue weighted by Gasteiger charge is 2.27. The third kappa shape index (κ3) is 4.52. The first-order valence-electron chi connectivity index (χ1n) is 6.47. The summed E-state index contributed by atoms with van der Waals surface area (Å²) in [5.74, 6) is -0.174. The molecule has 0 saturated carbocycles. The molecule has 21 heavy (non-hydrogen) atoms. The molecule has 1 aromatic heterocycles. The molecule has 0 saturated heterocycles. The summed E-state index contributed by atoms with van der Waals surface area (Å²) in [6, 6.07) is 7.04. The van der Waals surface area contributed by atoms with Gasteiger partial charge in [-0.3, -0.25) is 4.79 Å². The van der Waals surface area contributed by atoms with E-state index < -0.39 is 6.04 Å². The molecule has 2 aromatic rings. The number of carbonyl (C=O) groups is 1. The third-order valence-corrected chi connectivity index (χ3v) is 4.67. The summed E-state index contributed by atoms with van der Waals surface area (Å²) in [7, 11) is 0. The lowest BCUT2D eigenvalue weighted by molar-refractivity contribution is -0.119. The Balaban J connectivity index is 1.98. The molecule has 5 nitrogen and oxygen atoms in total. The Kier molecular flexibility index (Phi) is 4.97. The van der Waals surface area contributed by atoms with Crippen LogP contribution in [-0.2, 0) is 4.79 Å². The van der Waals surface area contributed by atoms with Crippen LogP contribution in [0.15, 0.2) is 39.0 Å². The number of aromatic nitrogens is 2. The van der Waals surface area contributed by atoms with Gasteiger partial charge in [0.05, 0.1) is 6.04 Å². The van der Waals surface area contributed by atoms with Crippen molar-refractivity contribution in [1.29, 1.82) is 0 Å². The SMILES string of the molecule is CC(C)(C)[C@H](N)C(=O)Nc1ccc(Sc2nncs2)cc1. The van der Waals surface area contributed by atoms with Crippen molar-refractivity contribution < 1.29 is 4.79 Å². The van der Waals surface area contributed by atoms with Crippen molar-refractivity contribution in [3.63, 3.8) is 0 Å². The molecular weight excluding hydrogens is 304 g/mol. The molecule has 0 aliphatic rings. The van der Waals surface area contributed by atoms with Crippen LogP contribution in [0.4, 0.5) is 5.69 Å². The highest BCUT2D eigenvalue weighted by Crippen LogP contribution is 2.29. The van der Waals surface area contributed by atoms with E-state index in [2.05, 4.69) is 15.5 Å². The molecule has 0 radical (unpaired) electrons. The van der Waals surface area contributed by atoms with Gasteiger partial charge in [0, 0.05) is 10.6 Å². The van der Waals surface area contributed by atoms with E-state index in [4.69, 9.17) is 5.73 Å². The van der Waals surface area contributed by atoms with Gasteiger partial charge in [-0.05, 0) is 29.7 Å². The van der Waals surface area contributed by atoms with E-state index >= 15 is 0 Å². The lowest BCUT2D eigenvalue weighted by Crippen LogP contribution is -2.45. The first kappa shape index (κ1) is 15.9. The molecular formula is C14H18N4OS2. The second kappa shape index (κ2) is 6.55. The Morgan fingerprint density at radius 1 is 1.33 bits per heavy atom. The second-order valence-corrected chi connectivity index (χ2v) is 7.82. The van der Waals surface area contributed by atoms with E-state index in [0.29, 0.717) is 0 Å². The van der Waals surface area contributed by atoms with E-state index in [-0.39, 0.29) is 11.3 Å². The highest BCUT2D eigenvalue weighted by molar-refractivity contribution is 8.01. The lowest BCUT2D eigenvalue weighted by atomic mass is 9.87. The number of nitrogens with two attached hydrogens (primary N) is 1. The molecule has 0 aliphatic heterocycles. The van der Waals surface area contributed by atoms with Gasteiger partial charge in [0.2, 0.25) is 5.91 Å². The van der Waals surface area contributed by atoms with Gasteiger partial charge in [-0.1, -0.05) is 43.9 Å². The van der Waals surface area contributed by atoms with Crippen LogP contribution in [0.2, 0.25) is 0 Å². The number of hydrogen-bond donors (Lipinski definition) is 2. The van der Waals surface area contributed by atoms with Crippen LogP contribution in [0.5, 0.6) is 0 Å². The van der Waals surface area contributed by atoms with Gasteiger partial charge in [0.1, 0.15) is 5.51 Å². The second-order valence-electron chi connectivity index (χ2n) is 5.66. The van der Waals surface area contributed by atoms with Crippen LogP contribution in [-0.4, -0.2) is 22.1 Å². The van der Waals surface area contributed by atoms with E-state index in [1.54, 1.807) is 5.51 Å². The number of anilines is 1. The fourth-order valence-corrected chi connectivity index (χ4v) is 2.98. The largest absolute Gasteiger partial charge is 0.325 e. The Hall–Kier alpha value is -1.44. The maximum Gasteiger partial charge on any atom is 0.241 e. The summed E-state index contributed by atoms with van der Waals surface area (Å²) in [5.41, 5.74) is 8.10. The normalized spacial score (nSPS) is 13.0. The molecule has 112 valence electrons. The fourth-order valence-electron chi connectivity index (χ4n) is 1.53. The molecule has 3 N–H and O–H groups in total. The predicted molar refractivity (Wildman–Crippen MR) is 86.5 cm³/mol. The minimum atomic E-state index is -0.548. The lowest BCUT2D eigenvalue weighted by Gasteiger charge is -2.25. The van der Waals surface area contributed by atoms with Crippen LogP contribution in [0.25, 0.3) is 0 Å². The quantitative estimate of drug-likeness (QED) is 0.904. The van der Waals surface area contributed by atoms with Crippen LogP contribution >= 0.6 is 23.1 Å². The molecule has 1 aromatic carbocycles. The average Bonchev–Trinajstić information content (AvgIpc) is 2.92. The molecule has 2 rings (SSSR count). The van der Waals surface area contributed by atoms with Crippen molar-refractivity contribution in [3.05, 3.63) is 29.8 Å². The van der Waals surface area contributed by atoms with E-state index in [1.165, 1.54) is 23.1 Å². The van der Waals surface area contributed by atoms with Gasteiger partial charge in [0.25, 0.3) is 0 Å². The molecule has 0 fully saturated rings. The van der Waals surface area contributed by atoms with Crippen LogP contribution < -0.4 is 11.1 Å². The van der Waals surface area contributed by atoms with Gasteiger partial charge in [-0.15, -0.1) is 10.2 Å². The number of nitrogens with zero attached hydrogens (tertiary/aromatic N) is 2. The Morgan fingerprint density at radius 3 is 2.52 bits per heavy atom. The Bertz CT molecular complexity index is 590. The zero-order valence-electron chi connectivity index (χ0n) is 12.2. The molecule has 1 heterocycles. The van der Waals surface area contributed by atoms with Crippen LogP contribution in [0.1, 0.15) is 20.8 Å². The van der Waals surface area contributed by atoms with E-state index in [9.17, 15) is 4.79 Å². The van der Waals surface area contributed by atoms with Crippen molar-refractivity contribution >= 4 is 34.7 Å². The third-order valence-electron chi connectivity index (χ3n) is 2.88. The molecule has 0 spiro atoms. The highest BCUT2D eigenvalue weighted by atomic mass is 32.2. The maximum absolute atomic E-state index is 12.0. The minimum absolute atomic E-state index is 0.174. The van der Waals surface area contributed by atoms with Crippen LogP contribution in [0.3, 0.4) is 0 Å². The first-order chi connectivity index (χ1) is 9.86. The van der Waals surface area contributed by atoms with Gasteiger partial charge in [-0.25, -0.2) is 0 Å². The first-order valence-corrected chi connectivity index (χ1v) is 8.16. The van der Waals surface area contributed by atoms with E-state index in [0.717, 1.165) is 14.9 Å². The average molecular weight is 322 g/mol. The minimum Gasteiger partial charge on any atom is -0.325 e. The number of carbonyl (C=O) groups excluding carboxylic acids is 1. The molecule has 0 bridgehead atoms. The maximum atomic E-state index is 12.0. The molecule has 1 amide bonds. The summed E-state index contributed by atoms with van der Waals surface area (Å²) in [5, 5.41) is 10.6. The number of benzene rings is 1. The number of rotatable bonds is 4. The zero-order chi connectivity index (χ0) is 15.5. The van der Waals surface area contributed by atoms with Crippen LogP contribution in [0, 0.1) is 5.41 Å². The van der Waals surface area contributed by atoms with Gasteiger partial charge in [-0.2, -0.15) is 0 Å². The van der Waals surface area contributed by atoms with Crippen molar-refractivity contribution in [1.82, 2.24) is 10.2 Å². The topological polar surface area (TPSA) is 80.9 Å². The fraction of sp³-hybridized carbons (Fsp3) is 0.357. The monoisotopic (exact) mass is 322 g/mol. The zero-order valence-corrected chi connectivity index (χ0v) is 13.8. The van der Waals surface area contributed by atoms with Crippen molar-refractivity contribution in [2.24, 2.45) is 11.1 Å². The Morgan fingerprint density at radius 2 is 2.00 bits per heavy atom. The summed E-state index contributed by atoms with van der Waals surface area (Å²) in [6.07, 6.45) is 0. The standard InChI is InChI=1S/C14H18N4OS2/c1-14(2,3)11(15)12(19)17-9-4-6-10(7-5-9)21-13-18-16-8-20-13/h4-8,11H,15H2,1-3H3,(H,17,19)/t11-/m1/s1. The van der Waals surface area contributed by atoms with Gasteiger partial charge < -0.3 is 11.1 Å². The Labute approximate surface area is 132 Å². The molecule has 0 unspecified atom stereocenters. The molecule has 0 aliphatic carbocycles. The van der Waals surface area contributed by atoms with Gasteiger partial charge >= 0.3 is 0 Å². The number of nitrogens with one attached hydrogen (secondary N) is 1. The smallest absolute Gasteiger partial charge is 0.241 e. The number of hydrogen-bond acceptors (Lipinski definition) is 6. The summed E-state index contributed by atoms with van der Waals surface area (Å²) >= 11 is 3.03. The van der Waals surface area contributed by atoms with Gasteiger partial charge in [0.15, 0.2) is 4.34 Å². The summed E-state index contributed by atoms with van der Waals surface area (Å²) in [6.45, 7) is 5.83. The van der Waals surface area contributed by atoms with Crippen molar-refractivity contribution in [3.8, 4) is 0 Å². The van der Waals surface area contributed by atoms with E-state index in [1.807, 2.05) is 45.0 Å². The summed E-state index contributed by atoms with van der Waals surface area (Å²) < 4.78 is 0.890. The number of amides is 1.